The van der Waals surface area contributed by atoms with Crippen LogP contribution in [-0.2, 0) is 0 Å². The predicted octanol–water partition coefficient (Wildman–Crippen LogP) is 1.21. The van der Waals surface area contributed by atoms with Gasteiger partial charge < -0.3 is 0 Å². The lowest BCUT2D eigenvalue weighted by Crippen LogP contribution is -1.89. The summed E-state index contributed by atoms with van der Waals surface area (Å²) in [6, 6.07) is 0. The predicted molar refractivity (Wildman–Crippen MR) is 25.8 cm³/mol. The van der Waals surface area contributed by atoms with Crippen molar-refractivity contribution in [3.63, 3.8) is 0 Å². The Labute approximate surface area is 50.6 Å². The molecule has 9 heavy (non-hydrogen) atoms. The molecule has 0 saturated carbocycles. The second kappa shape index (κ2) is 2.48. The standard InChI is InChI=1S/C5H3F2N2/c6-5(7)4-3-8-1-2-9-4/h1-2,5H. The van der Waals surface area contributed by atoms with Crippen LogP contribution in [0.15, 0.2) is 12.4 Å². The molecule has 1 heterocycles. The zero-order valence-corrected chi connectivity index (χ0v) is 4.38. The summed E-state index contributed by atoms with van der Waals surface area (Å²) in [4.78, 5) is 6.65. The van der Waals surface area contributed by atoms with Gasteiger partial charge in [0.05, 0.1) is 0 Å². The normalized spacial score (nSPS) is 10.1. The van der Waals surface area contributed by atoms with E-state index in [1.165, 1.54) is 12.4 Å². The van der Waals surface area contributed by atoms with Crippen molar-refractivity contribution >= 4 is 0 Å². The highest BCUT2D eigenvalue weighted by atomic mass is 19.3. The van der Waals surface area contributed by atoms with E-state index in [0.717, 1.165) is 0 Å². The van der Waals surface area contributed by atoms with E-state index in [4.69, 9.17) is 0 Å². The van der Waals surface area contributed by atoms with E-state index < -0.39 is 12.1 Å². The van der Waals surface area contributed by atoms with E-state index in [0.29, 0.717) is 0 Å². The van der Waals surface area contributed by atoms with Crippen molar-refractivity contribution in [2.75, 3.05) is 0 Å². The SMILES string of the molecule is FC(F)c1[c]nccn1. The molecule has 0 aliphatic carbocycles. The lowest BCUT2D eigenvalue weighted by atomic mass is 10.5. The van der Waals surface area contributed by atoms with Crippen LogP contribution < -0.4 is 0 Å². The topological polar surface area (TPSA) is 25.8 Å². The van der Waals surface area contributed by atoms with Crippen LogP contribution in [0.3, 0.4) is 0 Å². The zero-order valence-electron chi connectivity index (χ0n) is 4.38. The Balaban J connectivity index is 2.85. The summed E-state index contributed by atoms with van der Waals surface area (Å²) < 4.78 is 23.3. The third-order valence-electron chi connectivity index (χ3n) is 0.741. The van der Waals surface area contributed by atoms with Gasteiger partial charge in [0.25, 0.3) is 6.43 Å². The van der Waals surface area contributed by atoms with Crippen LogP contribution in [0.2, 0.25) is 0 Å². The first-order chi connectivity index (χ1) is 4.30. The van der Waals surface area contributed by atoms with Crippen LogP contribution in [-0.4, -0.2) is 9.97 Å². The summed E-state index contributed by atoms with van der Waals surface area (Å²) in [5.41, 5.74) is -0.405. The van der Waals surface area contributed by atoms with Crippen molar-refractivity contribution in [3.8, 4) is 0 Å². The number of alkyl halides is 2. The van der Waals surface area contributed by atoms with Crippen molar-refractivity contribution in [1.29, 1.82) is 0 Å². The molecular weight excluding hydrogens is 126 g/mol. The summed E-state index contributed by atoms with van der Waals surface area (Å²) in [5, 5.41) is 0. The fraction of sp³-hybridized carbons (Fsp3) is 0.200. The van der Waals surface area contributed by atoms with Gasteiger partial charge in [-0.15, -0.1) is 0 Å². The lowest BCUT2D eigenvalue weighted by molar-refractivity contribution is 0.145. The van der Waals surface area contributed by atoms with Crippen molar-refractivity contribution < 1.29 is 8.78 Å². The molecular formula is C5H3F2N2. The third-order valence-corrected chi connectivity index (χ3v) is 0.741. The van der Waals surface area contributed by atoms with Crippen LogP contribution in [0, 0.1) is 6.20 Å². The second-order valence-electron chi connectivity index (χ2n) is 1.35. The minimum Gasteiger partial charge on any atom is -0.251 e. The summed E-state index contributed by atoms with van der Waals surface area (Å²) in [7, 11) is 0. The Morgan fingerprint density at radius 1 is 1.44 bits per heavy atom. The first-order valence-corrected chi connectivity index (χ1v) is 2.27. The Morgan fingerprint density at radius 2 is 2.22 bits per heavy atom. The molecule has 0 bridgehead atoms. The van der Waals surface area contributed by atoms with Crippen LogP contribution in [0.25, 0.3) is 0 Å². The van der Waals surface area contributed by atoms with Crippen LogP contribution in [0.5, 0.6) is 0 Å². The number of hydrogen-bond donors (Lipinski definition) is 0. The molecule has 0 aliphatic rings. The van der Waals surface area contributed by atoms with E-state index >= 15 is 0 Å². The largest absolute Gasteiger partial charge is 0.282 e. The molecule has 1 rings (SSSR count). The highest BCUT2D eigenvalue weighted by Crippen LogP contribution is 2.12. The fourth-order valence-electron chi connectivity index (χ4n) is 0.384. The van der Waals surface area contributed by atoms with E-state index in [1.54, 1.807) is 0 Å². The summed E-state index contributed by atoms with van der Waals surface area (Å²) >= 11 is 0. The number of rotatable bonds is 1. The molecule has 0 saturated heterocycles. The van der Waals surface area contributed by atoms with Gasteiger partial charge in [-0.05, 0) is 0 Å². The van der Waals surface area contributed by atoms with Gasteiger partial charge in [-0.2, -0.15) is 0 Å². The minimum absolute atomic E-state index is 0.405. The molecule has 1 aromatic heterocycles. The maximum absolute atomic E-state index is 11.6. The van der Waals surface area contributed by atoms with Crippen LogP contribution >= 0.6 is 0 Å². The molecule has 0 spiro atoms. The number of hydrogen-bond acceptors (Lipinski definition) is 2. The van der Waals surface area contributed by atoms with E-state index in [9.17, 15) is 8.78 Å². The molecule has 0 aliphatic heterocycles. The summed E-state index contributed by atoms with van der Waals surface area (Å²) in [5.74, 6) is 0. The van der Waals surface area contributed by atoms with Gasteiger partial charge in [0.2, 0.25) is 0 Å². The molecule has 0 atom stereocenters. The van der Waals surface area contributed by atoms with Gasteiger partial charge in [0, 0.05) is 12.4 Å². The molecule has 2 nitrogen and oxygen atoms in total. The van der Waals surface area contributed by atoms with E-state index in [1.807, 2.05) is 0 Å². The quantitative estimate of drug-likeness (QED) is 0.569. The highest BCUT2D eigenvalue weighted by molar-refractivity contribution is 4.93. The second-order valence-corrected chi connectivity index (χ2v) is 1.35. The summed E-state index contributed by atoms with van der Waals surface area (Å²) in [6.07, 6.45) is 1.99. The molecule has 0 N–H and O–H groups in total. The highest BCUT2D eigenvalue weighted by Gasteiger charge is 2.06. The summed E-state index contributed by atoms with van der Waals surface area (Å²) in [6.45, 7) is 0. The van der Waals surface area contributed by atoms with Crippen LogP contribution in [0.1, 0.15) is 12.1 Å². The third kappa shape index (κ3) is 1.42. The minimum atomic E-state index is -2.57. The van der Waals surface area contributed by atoms with E-state index in [-0.39, 0.29) is 0 Å². The fourth-order valence-corrected chi connectivity index (χ4v) is 0.384. The van der Waals surface area contributed by atoms with Crippen molar-refractivity contribution in [2.45, 2.75) is 6.43 Å². The molecule has 0 aromatic carbocycles. The van der Waals surface area contributed by atoms with Gasteiger partial charge in [0.1, 0.15) is 11.9 Å². The van der Waals surface area contributed by atoms with Gasteiger partial charge in [-0.1, -0.05) is 0 Å². The lowest BCUT2D eigenvalue weighted by Gasteiger charge is -1.91. The molecule has 4 heteroatoms. The average Bonchev–Trinajstić information content (AvgIpc) is 1.90. The number of halogens is 2. The van der Waals surface area contributed by atoms with Gasteiger partial charge in [-0.3, -0.25) is 9.97 Å². The molecule has 1 radical (unpaired) electrons. The maximum Gasteiger partial charge on any atom is 0.282 e. The van der Waals surface area contributed by atoms with Crippen molar-refractivity contribution in [2.24, 2.45) is 0 Å². The number of nitrogens with zero attached hydrogens (tertiary/aromatic N) is 2. The van der Waals surface area contributed by atoms with Crippen molar-refractivity contribution in [1.82, 2.24) is 9.97 Å². The van der Waals surface area contributed by atoms with Gasteiger partial charge >= 0.3 is 0 Å². The zero-order chi connectivity index (χ0) is 6.69. The molecule has 0 amide bonds. The molecule has 47 valence electrons. The average molecular weight is 129 g/mol. The van der Waals surface area contributed by atoms with Crippen molar-refractivity contribution in [3.05, 3.63) is 24.3 Å². The first kappa shape index (κ1) is 6.07. The first-order valence-electron chi connectivity index (χ1n) is 2.27. The Kier molecular flexibility index (Phi) is 1.67. The Bertz CT molecular complexity index is 176. The Hall–Kier alpha value is -1.06. The van der Waals surface area contributed by atoms with Gasteiger partial charge in [0.15, 0.2) is 0 Å². The monoisotopic (exact) mass is 129 g/mol. The molecule has 0 fully saturated rings. The number of aromatic nitrogens is 2. The molecule has 0 unspecified atom stereocenters. The van der Waals surface area contributed by atoms with Gasteiger partial charge in [-0.25, -0.2) is 8.78 Å². The van der Waals surface area contributed by atoms with Crippen LogP contribution in [0.4, 0.5) is 8.78 Å². The molecule has 1 aromatic rings. The maximum atomic E-state index is 11.6. The smallest absolute Gasteiger partial charge is 0.251 e. The van der Waals surface area contributed by atoms with E-state index in [2.05, 4.69) is 16.2 Å². The Morgan fingerprint density at radius 3 is 2.56 bits per heavy atom.